The van der Waals surface area contributed by atoms with Gasteiger partial charge in [-0.05, 0) is 44.0 Å². The molecule has 0 aliphatic carbocycles. The molecule has 2 aromatic carbocycles. The number of nitrogens with one attached hydrogen (secondary N) is 1. The predicted molar refractivity (Wildman–Crippen MR) is 110 cm³/mol. The summed E-state index contributed by atoms with van der Waals surface area (Å²) >= 11 is 0. The average Bonchev–Trinajstić information content (AvgIpc) is 3.42. The molecule has 2 aromatic rings. The summed E-state index contributed by atoms with van der Waals surface area (Å²) in [6.07, 6.45) is 2.77. The van der Waals surface area contributed by atoms with Gasteiger partial charge < -0.3 is 10.2 Å². The number of amides is 1. The van der Waals surface area contributed by atoms with Crippen LogP contribution in [0.2, 0.25) is 0 Å². The maximum atomic E-state index is 12.7. The van der Waals surface area contributed by atoms with Gasteiger partial charge in [-0.3, -0.25) is 9.69 Å². The van der Waals surface area contributed by atoms with Gasteiger partial charge in [0.2, 0.25) is 0 Å². The smallest absolute Gasteiger partial charge is 0.269 e. The Kier molecular flexibility index (Phi) is 5.72. The van der Waals surface area contributed by atoms with Crippen LogP contribution in [0, 0.1) is 6.92 Å². The van der Waals surface area contributed by atoms with Crippen LogP contribution >= 0.6 is 0 Å². The monoisotopic (exact) mass is 377 g/mol. The van der Waals surface area contributed by atoms with Gasteiger partial charge in [0.15, 0.2) is 6.10 Å². The van der Waals surface area contributed by atoms with Crippen molar-refractivity contribution in [3.8, 4) is 0 Å². The third kappa shape index (κ3) is 4.25. The number of aryl methyl sites for hydroxylation is 1. The maximum absolute atomic E-state index is 12.7. The summed E-state index contributed by atoms with van der Waals surface area (Å²) in [4.78, 5) is 20.6. The number of oxime groups is 1. The highest BCUT2D eigenvalue weighted by atomic mass is 16.6. The van der Waals surface area contributed by atoms with Crippen LogP contribution in [0.25, 0.3) is 0 Å². The van der Waals surface area contributed by atoms with Gasteiger partial charge in [0.25, 0.3) is 5.91 Å². The summed E-state index contributed by atoms with van der Waals surface area (Å²) in [6, 6.07) is 18.7. The molecule has 0 saturated carbocycles. The van der Waals surface area contributed by atoms with Crippen LogP contribution in [0.5, 0.6) is 0 Å². The van der Waals surface area contributed by atoms with Gasteiger partial charge in [-0.2, -0.15) is 0 Å². The highest BCUT2D eigenvalue weighted by Crippen LogP contribution is 2.28. The molecule has 0 aromatic heterocycles. The number of hydrogen-bond donors (Lipinski definition) is 1. The van der Waals surface area contributed by atoms with Crippen molar-refractivity contribution in [2.75, 3.05) is 19.6 Å². The van der Waals surface area contributed by atoms with E-state index in [0.717, 1.165) is 18.7 Å². The molecule has 0 spiro atoms. The molecule has 28 heavy (non-hydrogen) atoms. The van der Waals surface area contributed by atoms with Gasteiger partial charge in [0.05, 0.1) is 6.04 Å². The molecule has 0 radical (unpaired) electrons. The van der Waals surface area contributed by atoms with Gasteiger partial charge in [-0.15, -0.1) is 0 Å². The van der Waals surface area contributed by atoms with Crippen molar-refractivity contribution >= 4 is 11.6 Å². The maximum Gasteiger partial charge on any atom is 0.269 e. The van der Waals surface area contributed by atoms with Crippen LogP contribution in [0.4, 0.5) is 0 Å². The lowest BCUT2D eigenvalue weighted by Crippen LogP contribution is -2.39. The van der Waals surface area contributed by atoms with Gasteiger partial charge in [0.1, 0.15) is 5.71 Å². The Morgan fingerprint density at radius 2 is 1.86 bits per heavy atom. The number of hydrogen-bond acceptors (Lipinski definition) is 4. The van der Waals surface area contributed by atoms with Crippen molar-refractivity contribution in [3.63, 3.8) is 0 Å². The van der Waals surface area contributed by atoms with Crippen molar-refractivity contribution in [2.45, 2.75) is 38.3 Å². The van der Waals surface area contributed by atoms with Crippen LogP contribution in [0.15, 0.2) is 59.8 Å². The molecule has 1 N–H and O–H groups in total. The van der Waals surface area contributed by atoms with Crippen LogP contribution < -0.4 is 5.32 Å². The lowest BCUT2D eigenvalue weighted by Gasteiger charge is -2.28. The number of likely N-dealkylation sites (tertiary alicyclic amines) is 1. The van der Waals surface area contributed by atoms with Crippen molar-refractivity contribution in [1.29, 1.82) is 0 Å². The lowest BCUT2D eigenvalue weighted by molar-refractivity contribution is -0.115. The summed E-state index contributed by atoms with van der Waals surface area (Å²) < 4.78 is 0. The van der Waals surface area contributed by atoms with Gasteiger partial charge in [-0.25, -0.2) is 0 Å². The molecule has 5 heteroatoms. The zero-order chi connectivity index (χ0) is 19.3. The number of rotatable bonds is 6. The van der Waals surface area contributed by atoms with E-state index in [9.17, 15) is 4.79 Å². The predicted octanol–water partition coefficient (Wildman–Crippen LogP) is 3.77. The van der Waals surface area contributed by atoms with Crippen molar-refractivity contribution in [2.24, 2.45) is 5.16 Å². The normalized spacial score (nSPS) is 20.5. The first kappa shape index (κ1) is 18.7. The molecule has 2 aliphatic heterocycles. The minimum atomic E-state index is -0.173. The molecule has 2 aliphatic rings. The number of carbonyl (C=O) groups excluding carboxylic acids is 1. The van der Waals surface area contributed by atoms with Gasteiger partial charge in [0, 0.05) is 13.0 Å². The molecular weight excluding hydrogens is 350 g/mol. The Morgan fingerprint density at radius 3 is 2.57 bits per heavy atom. The average molecular weight is 377 g/mol. The zero-order valence-corrected chi connectivity index (χ0v) is 16.3. The molecule has 2 unspecified atom stereocenters. The SMILES string of the molecule is Cc1ccc(C(CNC(=O)C2=NOC(c3ccccc3)C2)N2CCCC2)cc1. The van der Waals surface area contributed by atoms with Crippen LogP contribution in [-0.4, -0.2) is 36.2 Å². The van der Waals surface area contributed by atoms with Gasteiger partial charge >= 0.3 is 0 Å². The van der Waals surface area contributed by atoms with E-state index in [1.807, 2.05) is 30.3 Å². The molecule has 2 heterocycles. The Hall–Kier alpha value is -2.66. The minimum Gasteiger partial charge on any atom is -0.387 e. The van der Waals surface area contributed by atoms with E-state index in [0.29, 0.717) is 18.7 Å². The third-order valence-corrected chi connectivity index (χ3v) is 5.60. The molecule has 2 atom stereocenters. The first-order valence-electron chi connectivity index (χ1n) is 10.1. The van der Waals surface area contributed by atoms with Crippen molar-refractivity contribution < 1.29 is 9.63 Å². The molecule has 0 bridgehead atoms. The molecule has 1 saturated heterocycles. The molecule has 146 valence electrons. The van der Waals surface area contributed by atoms with Crippen LogP contribution in [-0.2, 0) is 9.63 Å². The first-order valence-corrected chi connectivity index (χ1v) is 10.1. The fraction of sp³-hybridized carbons (Fsp3) is 0.391. The Labute approximate surface area is 166 Å². The second kappa shape index (κ2) is 8.57. The summed E-state index contributed by atoms with van der Waals surface area (Å²) in [7, 11) is 0. The fourth-order valence-electron chi connectivity index (χ4n) is 3.95. The second-order valence-electron chi connectivity index (χ2n) is 7.63. The summed E-state index contributed by atoms with van der Waals surface area (Å²) in [5.41, 5.74) is 4.01. The minimum absolute atomic E-state index is 0.130. The quantitative estimate of drug-likeness (QED) is 0.834. The van der Waals surface area contributed by atoms with Crippen LogP contribution in [0.3, 0.4) is 0 Å². The lowest BCUT2D eigenvalue weighted by atomic mass is 10.0. The zero-order valence-electron chi connectivity index (χ0n) is 16.3. The van der Waals surface area contributed by atoms with Crippen molar-refractivity contribution in [3.05, 3.63) is 71.3 Å². The van der Waals surface area contributed by atoms with Gasteiger partial charge in [-0.1, -0.05) is 65.3 Å². The molecular formula is C23H27N3O2. The largest absolute Gasteiger partial charge is 0.387 e. The first-order chi connectivity index (χ1) is 13.7. The molecule has 5 nitrogen and oxygen atoms in total. The Morgan fingerprint density at radius 1 is 1.14 bits per heavy atom. The van der Waals surface area contributed by atoms with E-state index < -0.39 is 0 Å². The topological polar surface area (TPSA) is 53.9 Å². The molecule has 4 rings (SSSR count). The number of nitrogens with zero attached hydrogens (tertiary/aromatic N) is 2. The van der Waals surface area contributed by atoms with E-state index >= 15 is 0 Å². The van der Waals surface area contributed by atoms with E-state index in [4.69, 9.17) is 4.84 Å². The standard InChI is InChI=1S/C23H27N3O2/c1-17-9-11-18(12-10-17)21(26-13-5-6-14-26)16-24-23(27)20-15-22(28-25-20)19-7-3-2-4-8-19/h2-4,7-12,21-22H,5-6,13-16H2,1H3,(H,24,27). The third-order valence-electron chi connectivity index (χ3n) is 5.60. The second-order valence-corrected chi connectivity index (χ2v) is 7.63. The fourth-order valence-corrected chi connectivity index (χ4v) is 3.95. The number of benzene rings is 2. The Bertz CT molecular complexity index is 827. The molecule has 1 amide bonds. The Balaban J connectivity index is 1.38. The van der Waals surface area contributed by atoms with E-state index in [2.05, 4.69) is 46.6 Å². The summed E-state index contributed by atoms with van der Waals surface area (Å²) in [5.74, 6) is -0.130. The van der Waals surface area contributed by atoms with Crippen LogP contribution in [0.1, 0.15) is 48.1 Å². The highest BCUT2D eigenvalue weighted by molar-refractivity contribution is 6.39. The molecule has 1 fully saturated rings. The van der Waals surface area contributed by atoms with E-state index in [1.165, 1.54) is 24.0 Å². The van der Waals surface area contributed by atoms with Crippen molar-refractivity contribution in [1.82, 2.24) is 10.2 Å². The summed E-state index contributed by atoms with van der Waals surface area (Å²) in [6.45, 7) is 4.83. The van der Waals surface area contributed by atoms with E-state index in [1.54, 1.807) is 0 Å². The van der Waals surface area contributed by atoms with E-state index in [-0.39, 0.29) is 18.1 Å². The summed E-state index contributed by atoms with van der Waals surface area (Å²) in [5, 5.41) is 7.14. The highest BCUT2D eigenvalue weighted by Gasteiger charge is 2.29. The number of carbonyl (C=O) groups is 1.